The maximum atomic E-state index is 10.7. The minimum absolute atomic E-state index is 0.0464. The fraction of sp³-hybridized carbons (Fsp3) is 0.667. The predicted molar refractivity (Wildman–Crippen MR) is 85.9 cm³/mol. The van der Waals surface area contributed by atoms with Gasteiger partial charge in [0, 0.05) is 19.0 Å². The Kier molecular flexibility index (Phi) is 4.12. The molecule has 1 heterocycles. The molecule has 1 fully saturated rings. The standard InChI is InChI=1S/C18H27NO2/c1-18(2)10-5-7-14(17(18)20)13-19-11-6-12-21-16-9-4-3-8-15(16)19/h3-4,8-9,14,17,20H,5-7,10-13H2,1-2H3. The Morgan fingerprint density at radius 3 is 2.95 bits per heavy atom. The summed E-state index contributed by atoms with van der Waals surface area (Å²) in [6, 6.07) is 8.29. The molecule has 2 aliphatic rings. The Morgan fingerprint density at radius 2 is 2.10 bits per heavy atom. The average Bonchev–Trinajstić information content (AvgIpc) is 2.67. The van der Waals surface area contributed by atoms with E-state index in [-0.39, 0.29) is 11.5 Å². The van der Waals surface area contributed by atoms with Gasteiger partial charge in [-0.15, -0.1) is 0 Å². The van der Waals surface area contributed by atoms with Gasteiger partial charge in [0.25, 0.3) is 0 Å². The van der Waals surface area contributed by atoms with E-state index < -0.39 is 0 Å². The third-order valence-electron chi connectivity index (χ3n) is 5.13. The fourth-order valence-electron chi connectivity index (χ4n) is 3.83. The normalized spacial score (nSPS) is 28.4. The van der Waals surface area contributed by atoms with E-state index in [9.17, 15) is 5.11 Å². The summed E-state index contributed by atoms with van der Waals surface area (Å²) in [4.78, 5) is 2.41. The van der Waals surface area contributed by atoms with Crippen LogP contribution in [0.2, 0.25) is 0 Å². The van der Waals surface area contributed by atoms with E-state index in [1.807, 2.05) is 6.07 Å². The Bertz CT molecular complexity index is 486. The summed E-state index contributed by atoms with van der Waals surface area (Å²) >= 11 is 0. The summed E-state index contributed by atoms with van der Waals surface area (Å²) in [6.45, 7) is 7.13. The first kappa shape index (κ1) is 14.7. The fourth-order valence-corrected chi connectivity index (χ4v) is 3.83. The van der Waals surface area contributed by atoms with Crippen molar-refractivity contribution in [2.75, 3.05) is 24.6 Å². The van der Waals surface area contributed by atoms with Crippen LogP contribution in [0.4, 0.5) is 5.69 Å². The van der Waals surface area contributed by atoms with Gasteiger partial charge in [-0.1, -0.05) is 32.4 Å². The second-order valence-corrected chi connectivity index (χ2v) is 7.20. The van der Waals surface area contributed by atoms with Gasteiger partial charge in [0.2, 0.25) is 0 Å². The highest BCUT2D eigenvalue weighted by molar-refractivity contribution is 5.59. The summed E-state index contributed by atoms with van der Waals surface area (Å²) in [6.07, 6.45) is 4.32. The van der Waals surface area contributed by atoms with E-state index in [1.54, 1.807) is 0 Å². The molecule has 0 aromatic heterocycles. The van der Waals surface area contributed by atoms with Gasteiger partial charge < -0.3 is 14.7 Å². The maximum Gasteiger partial charge on any atom is 0.142 e. The summed E-state index contributed by atoms with van der Waals surface area (Å²) in [5.41, 5.74) is 1.23. The zero-order valence-electron chi connectivity index (χ0n) is 13.2. The lowest BCUT2D eigenvalue weighted by Gasteiger charge is -2.42. The van der Waals surface area contributed by atoms with Gasteiger partial charge in [0.1, 0.15) is 5.75 Å². The molecule has 1 aromatic rings. The SMILES string of the molecule is CC1(C)CCCC(CN2CCCOc3ccccc32)C1O. The first-order valence-corrected chi connectivity index (χ1v) is 8.23. The van der Waals surface area contributed by atoms with Crippen LogP contribution in [0.1, 0.15) is 39.5 Å². The Labute approximate surface area is 127 Å². The molecule has 3 rings (SSSR count). The summed E-state index contributed by atoms with van der Waals surface area (Å²) < 4.78 is 5.83. The number of para-hydroxylation sites is 2. The van der Waals surface area contributed by atoms with E-state index in [2.05, 4.69) is 36.9 Å². The van der Waals surface area contributed by atoms with Gasteiger partial charge >= 0.3 is 0 Å². The van der Waals surface area contributed by atoms with Gasteiger partial charge in [-0.2, -0.15) is 0 Å². The largest absolute Gasteiger partial charge is 0.491 e. The summed E-state index contributed by atoms with van der Waals surface area (Å²) in [7, 11) is 0. The van der Waals surface area contributed by atoms with Crippen LogP contribution in [-0.2, 0) is 0 Å². The van der Waals surface area contributed by atoms with E-state index >= 15 is 0 Å². The number of benzene rings is 1. The molecule has 0 bridgehead atoms. The minimum atomic E-state index is -0.206. The van der Waals surface area contributed by atoms with Gasteiger partial charge in [0.15, 0.2) is 0 Å². The quantitative estimate of drug-likeness (QED) is 0.905. The lowest BCUT2D eigenvalue weighted by molar-refractivity contribution is -0.0292. The maximum absolute atomic E-state index is 10.7. The van der Waals surface area contributed by atoms with Crippen LogP contribution in [0.3, 0.4) is 0 Å². The number of nitrogens with zero attached hydrogens (tertiary/aromatic N) is 1. The van der Waals surface area contributed by atoms with Crippen LogP contribution < -0.4 is 9.64 Å². The lowest BCUT2D eigenvalue weighted by Crippen LogP contribution is -2.45. The lowest BCUT2D eigenvalue weighted by atomic mass is 9.69. The molecule has 3 heteroatoms. The Hall–Kier alpha value is -1.22. The zero-order chi connectivity index (χ0) is 14.9. The highest BCUT2D eigenvalue weighted by atomic mass is 16.5. The van der Waals surface area contributed by atoms with Crippen molar-refractivity contribution >= 4 is 5.69 Å². The topological polar surface area (TPSA) is 32.7 Å². The molecule has 116 valence electrons. The van der Waals surface area contributed by atoms with Crippen molar-refractivity contribution in [3.63, 3.8) is 0 Å². The molecule has 1 aliphatic heterocycles. The molecule has 0 saturated heterocycles. The summed E-state index contributed by atoms with van der Waals surface area (Å²) in [5.74, 6) is 1.35. The Balaban J connectivity index is 1.78. The zero-order valence-corrected chi connectivity index (χ0v) is 13.2. The van der Waals surface area contributed by atoms with Crippen molar-refractivity contribution in [1.82, 2.24) is 0 Å². The average molecular weight is 289 g/mol. The molecule has 2 atom stereocenters. The number of hydrogen-bond donors (Lipinski definition) is 1. The van der Waals surface area contributed by atoms with Crippen LogP contribution in [0, 0.1) is 11.3 Å². The van der Waals surface area contributed by atoms with Crippen molar-refractivity contribution in [2.45, 2.75) is 45.6 Å². The number of fused-ring (bicyclic) bond motifs is 1. The first-order chi connectivity index (χ1) is 10.1. The smallest absolute Gasteiger partial charge is 0.142 e. The number of hydrogen-bond acceptors (Lipinski definition) is 3. The van der Waals surface area contributed by atoms with Crippen LogP contribution in [0.5, 0.6) is 5.75 Å². The van der Waals surface area contributed by atoms with E-state index in [0.717, 1.165) is 44.7 Å². The number of rotatable bonds is 2. The van der Waals surface area contributed by atoms with Gasteiger partial charge in [-0.05, 0) is 36.8 Å². The number of ether oxygens (including phenoxy) is 1. The molecule has 0 radical (unpaired) electrons. The third-order valence-corrected chi connectivity index (χ3v) is 5.13. The molecular formula is C18H27NO2. The Morgan fingerprint density at radius 1 is 1.29 bits per heavy atom. The molecule has 1 aromatic carbocycles. The molecule has 0 spiro atoms. The second kappa shape index (κ2) is 5.88. The van der Waals surface area contributed by atoms with Gasteiger partial charge in [0.05, 0.1) is 18.4 Å². The van der Waals surface area contributed by atoms with Crippen molar-refractivity contribution in [3.05, 3.63) is 24.3 Å². The summed E-state index contributed by atoms with van der Waals surface area (Å²) in [5, 5.41) is 10.7. The van der Waals surface area contributed by atoms with E-state index in [4.69, 9.17) is 4.74 Å². The monoisotopic (exact) mass is 289 g/mol. The predicted octanol–water partition coefficient (Wildman–Crippen LogP) is 3.46. The molecule has 2 unspecified atom stereocenters. The molecule has 3 nitrogen and oxygen atoms in total. The van der Waals surface area contributed by atoms with E-state index in [1.165, 1.54) is 12.1 Å². The van der Waals surface area contributed by atoms with Crippen molar-refractivity contribution in [3.8, 4) is 5.75 Å². The number of aliphatic hydroxyl groups excluding tert-OH is 1. The van der Waals surface area contributed by atoms with Crippen LogP contribution in [0.25, 0.3) is 0 Å². The van der Waals surface area contributed by atoms with Crippen LogP contribution in [0.15, 0.2) is 24.3 Å². The van der Waals surface area contributed by atoms with Crippen LogP contribution in [-0.4, -0.2) is 30.9 Å². The highest BCUT2D eigenvalue weighted by Crippen LogP contribution is 2.40. The molecule has 1 aliphatic carbocycles. The van der Waals surface area contributed by atoms with Crippen LogP contribution >= 0.6 is 0 Å². The molecule has 1 N–H and O–H groups in total. The van der Waals surface area contributed by atoms with Crippen molar-refractivity contribution in [1.29, 1.82) is 0 Å². The number of aliphatic hydroxyl groups is 1. The molecular weight excluding hydrogens is 262 g/mol. The van der Waals surface area contributed by atoms with Crippen molar-refractivity contribution < 1.29 is 9.84 Å². The molecule has 1 saturated carbocycles. The number of anilines is 1. The minimum Gasteiger partial charge on any atom is -0.491 e. The molecule has 21 heavy (non-hydrogen) atoms. The van der Waals surface area contributed by atoms with Crippen molar-refractivity contribution in [2.24, 2.45) is 11.3 Å². The highest BCUT2D eigenvalue weighted by Gasteiger charge is 2.38. The first-order valence-electron chi connectivity index (χ1n) is 8.23. The second-order valence-electron chi connectivity index (χ2n) is 7.20. The van der Waals surface area contributed by atoms with Gasteiger partial charge in [-0.3, -0.25) is 0 Å². The molecule has 0 amide bonds. The third kappa shape index (κ3) is 3.03. The van der Waals surface area contributed by atoms with Gasteiger partial charge in [-0.25, -0.2) is 0 Å². The van der Waals surface area contributed by atoms with E-state index in [0.29, 0.717) is 5.92 Å².